The normalized spacial score (nSPS) is 12.0. The van der Waals surface area contributed by atoms with Crippen LogP contribution in [0, 0.1) is 0 Å². The molecule has 17 heavy (non-hydrogen) atoms. The maximum absolute atomic E-state index is 11.8. The van der Waals surface area contributed by atoms with E-state index in [4.69, 9.17) is 11.6 Å². The molecule has 1 aromatic carbocycles. The monoisotopic (exact) mass is 317 g/mol. The van der Waals surface area contributed by atoms with Gasteiger partial charge < -0.3 is 5.32 Å². The van der Waals surface area contributed by atoms with Crippen molar-refractivity contribution in [2.45, 2.75) is 26.3 Å². The molecule has 0 aliphatic rings. The molecule has 1 aromatic rings. The molecule has 5 heteroatoms. The van der Waals surface area contributed by atoms with Crippen molar-refractivity contribution in [1.29, 1.82) is 0 Å². The fraction of sp³-hybridized carbons (Fsp3) is 0.333. The zero-order chi connectivity index (χ0) is 13.0. The Hall–Kier alpha value is -0.870. The maximum atomic E-state index is 11.8. The number of rotatable bonds is 4. The smallest absolute Gasteiger partial charge is 0.251 e. The van der Waals surface area contributed by atoms with Gasteiger partial charge in [0.05, 0.1) is 6.04 Å². The SMILES string of the molecule is CCC(=O)C(C)NC(=O)c1cc(Cl)cc(Br)c1. The van der Waals surface area contributed by atoms with Crippen molar-refractivity contribution in [2.75, 3.05) is 0 Å². The molecule has 0 saturated heterocycles. The molecule has 1 rings (SSSR count). The van der Waals surface area contributed by atoms with Crippen LogP contribution >= 0.6 is 27.5 Å². The predicted molar refractivity (Wildman–Crippen MR) is 71.4 cm³/mol. The minimum atomic E-state index is -0.481. The van der Waals surface area contributed by atoms with Crippen molar-refractivity contribution in [3.05, 3.63) is 33.3 Å². The molecule has 1 N–H and O–H groups in total. The Balaban J connectivity index is 2.79. The molecule has 0 radical (unpaired) electrons. The Morgan fingerprint density at radius 2 is 2.06 bits per heavy atom. The molecule has 0 aliphatic carbocycles. The van der Waals surface area contributed by atoms with Crippen LogP contribution in [0.5, 0.6) is 0 Å². The summed E-state index contributed by atoms with van der Waals surface area (Å²) < 4.78 is 0.727. The van der Waals surface area contributed by atoms with Crippen molar-refractivity contribution < 1.29 is 9.59 Å². The van der Waals surface area contributed by atoms with Gasteiger partial charge in [-0.15, -0.1) is 0 Å². The zero-order valence-corrected chi connectivity index (χ0v) is 11.9. The number of carbonyl (C=O) groups excluding carboxylic acids is 2. The first-order valence-electron chi connectivity index (χ1n) is 5.23. The number of carbonyl (C=O) groups is 2. The second-order valence-corrected chi connectivity index (χ2v) is 5.03. The maximum Gasteiger partial charge on any atom is 0.251 e. The molecule has 1 atom stereocenters. The minimum Gasteiger partial charge on any atom is -0.343 e. The Morgan fingerprint density at radius 1 is 1.41 bits per heavy atom. The van der Waals surface area contributed by atoms with E-state index in [1.807, 2.05) is 0 Å². The highest BCUT2D eigenvalue weighted by atomic mass is 79.9. The molecule has 0 spiro atoms. The minimum absolute atomic E-state index is 0.000515. The number of hydrogen-bond acceptors (Lipinski definition) is 2. The quantitative estimate of drug-likeness (QED) is 0.926. The summed E-state index contributed by atoms with van der Waals surface area (Å²) in [6.45, 7) is 3.43. The molecule has 0 heterocycles. The second-order valence-electron chi connectivity index (χ2n) is 3.67. The van der Waals surface area contributed by atoms with Gasteiger partial charge >= 0.3 is 0 Å². The summed E-state index contributed by atoms with van der Waals surface area (Å²) in [5.74, 6) is -0.304. The van der Waals surface area contributed by atoms with Gasteiger partial charge in [0.2, 0.25) is 0 Å². The van der Waals surface area contributed by atoms with E-state index in [-0.39, 0.29) is 11.7 Å². The van der Waals surface area contributed by atoms with E-state index in [2.05, 4.69) is 21.2 Å². The predicted octanol–water partition coefficient (Wildman–Crippen LogP) is 3.20. The fourth-order valence-corrected chi connectivity index (χ4v) is 2.21. The van der Waals surface area contributed by atoms with E-state index in [9.17, 15) is 9.59 Å². The van der Waals surface area contributed by atoms with Crippen LogP contribution in [0.2, 0.25) is 5.02 Å². The summed E-state index contributed by atoms with van der Waals surface area (Å²) in [6.07, 6.45) is 0.403. The number of halogens is 2. The lowest BCUT2D eigenvalue weighted by Gasteiger charge is -2.12. The van der Waals surface area contributed by atoms with Crippen molar-refractivity contribution >= 4 is 39.2 Å². The number of Topliss-reactive ketones (excluding diaryl/α,β-unsaturated/α-hetero) is 1. The van der Waals surface area contributed by atoms with Gasteiger partial charge in [0.15, 0.2) is 5.78 Å². The number of nitrogens with one attached hydrogen (secondary N) is 1. The van der Waals surface area contributed by atoms with Crippen LogP contribution < -0.4 is 5.32 Å². The van der Waals surface area contributed by atoms with Crippen molar-refractivity contribution in [2.24, 2.45) is 0 Å². The van der Waals surface area contributed by atoms with Crippen LogP contribution in [-0.4, -0.2) is 17.7 Å². The molecule has 3 nitrogen and oxygen atoms in total. The average molecular weight is 319 g/mol. The van der Waals surface area contributed by atoms with Crippen molar-refractivity contribution in [3.63, 3.8) is 0 Å². The van der Waals surface area contributed by atoms with Gasteiger partial charge in [0.1, 0.15) is 0 Å². The first-order valence-corrected chi connectivity index (χ1v) is 6.40. The topological polar surface area (TPSA) is 46.2 Å². The van der Waals surface area contributed by atoms with Gasteiger partial charge in [0.25, 0.3) is 5.91 Å². The van der Waals surface area contributed by atoms with Gasteiger partial charge in [-0.3, -0.25) is 9.59 Å². The Morgan fingerprint density at radius 3 is 2.59 bits per heavy atom. The first-order chi connectivity index (χ1) is 7.93. The third-order valence-corrected chi connectivity index (χ3v) is 2.98. The number of amides is 1. The molecular weight excluding hydrogens is 305 g/mol. The third kappa shape index (κ3) is 4.13. The molecule has 1 unspecified atom stereocenters. The lowest BCUT2D eigenvalue weighted by atomic mass is 10.1. The highest BCUT2D eigenvalue weighted by Gasteiger charge is 2.15. The molecule has 0 aliphatic heterocycles. The number of ketones is 1. The van der Waals surface area contributed by atoms with Crippen LogP contribution in [0.4, 0.5) is 0 Å². The standard InChI is InChI=1S/C12H13BrClNO2/c1-3-11(16)7(2)15-12(17)8-4-9(13)6-10(14)5-8/h4-7H,3H2,1-2H3,(H,15,17). The van der Waals surface area contributed by atoms with Gasteiger partial charge in [-0.1, -0.05) is 34.5 Å². The molecule has 1 amide bonds. The summed E-state index contributed by atoms with van der Waals surface area (Å²) >= 11 is 9.10. The van der Waals surface area contributed by atoms with E-state index >= 15 is 0 Å². The van der Waals surface area contributed by atoms with Crippen LogP contribution in [0.3, 0.4) is 0 Å². The molecule has 0 bridgehead atoms. The zero-order valence-electron chi connectivity index (χ0n) is 9.59. The van der Waals surface area contributed by atoms with Crippen LogP contribution in [0.15, 0.2) is 22.7 Å². The average Bonchev–Trinajstić information content (AvgIpc) is 2.26. The fourth-order valence-electron chi connectivity index (χ4n) is 1.35. The largest absolute Gasteiger partial charge is 0.343 e. The molecule has 0 fully saturated rings. The summed E-state index contributed by atoms with van der Waals surface area (Å²) in [7, 11) is 0. The Kier molecular flexibility index (Phi) is 5.15. The Bertz CT molecular complexity index is 428. The van der Waals surface area contributed by atoms with Crippen molar-refractivity contribution in [3.8, 4) is 0 Å². The molecule has 0 saturated carbocycles. The molecule has 0 aromatic heterocycles. The summed E-state index contributed by atoms with van der Waals surface area (Å²) in [5.41, 5.74) is 0.431. The van der Waals surface area contributed by atoms with E-state index < -0.39 is 6.04 Å². The molecule has 92 valence electrons. The van der Waals surface area contributed by atoms with Gasteiger partial charge in [-0.25, -0.2) is 0 Å². The summed E-state index contributed by atoms with van der Waals surface area (Å²) in [5, 5.41) is 3.10. The number of hydrogen-bond donors (Lipinski definition) is 1. The van der Waals surface area contributed by atoms with E-state index in [0.717, 1.165) is 4.47 Å². The lowest BCUT2D eigenvalue weighted by Crippen LogP contribution is -2.38. The first kappa shape index (κ1) is 14.2. The Labute approximate surface area is 114 Å². The summed E-state index contributed by atoms with van der Waals surface area (Å²) in [6, 6.07) is 4.43. The van der Waals surface area contributed by atoms with Gasteiger partial charge in [-0.05, 0) is 25.1 Å². The summed E-state index contributed by atoms with van der Waals surface area (Å²) in [4.78, 5) is 23.2. The lowest BCUT2D eigenvalue weighted by molar-refractivity contribution is -0.120. The van der Waals surface area contributed by atoms with Crippen LogP contribution in [0.1, 0.15) is 30.6 Å². The van der Waals surface area contributed by atoms with E-state index in [1.54, 1.807) is 32.0 Å². The van der Waals surface area contributed by atoms with E-state index in [0.29, 0.717) is 17.0 Å². The van der Waals surface area contributed by atoms with Crippen molar-refractivity contribution in [1.82, 2.24) is 5.32 Å². The van der Waals surface area contributed by atoms with Gasteiger partial charge in [0, 0.05) is 21.5 Å². The highest BCUT2D eigenvalue weighted by Crippen LogP contribution is 2.19. The van der Waals surface area contributed by atoms with E-state index in [1.165, 1.54) is 0 Å². The molecular formula is C12H13BrClNO2. The third-order valence-electron chi connectivity index (χ3n) is 2.30. The van der Waals surface area contributed by atoms with Crippen LogP contribution in [-0.2, 0) is 4.79 Å². The van der Waals surface area contributed by atoms with Gasteiger partial charge in [-0.2, -0.15) is 0 Å². The highest BCUT2D eigenvalue weighted by molar-refractivity contribution is 9.10. The number of benzene rings is 1. The van der Waals surface area contributed by atoms with Crippen LogP contribution in [0.25, 0.3) is 0 Å². The second kappa shape index (κ2) is 6.17.